The summed E-state index contributed by atoms with van der Waals surface area (Å²) in [4.78, 5) is 23.1. The van der Waals surface area contributed by atoms with Crippen LogP contribution in [0.2, 0.25) is 0 Å². The van der Waals surface area contributed by atoms with Crippen molar-refractivity contribution < 1.29 is 14.3 Å². The van der Waals surface area contributed by atoms with Gasteiger partial charge in [-0.2, -0.15) is 0 Å². The molecule has 2 aromatic heterocycles. The average Bonchev–Trinajstić information content (AvgIpc) is 3.57. The van der Waals surface area contributed by atoms with E-state index in [1.54, 1.807) is 42.3 Å². The predicted molar refractivity (Wildman–Crippen MR) is 154 cm³/mol. The number of thiophene rings is 1. The van der Waals surface area contributed by atoms with Crippen molar-refractivity contribution in [2.24, 2.45) is 5.73 Å². The molecule has 196 valence electrons. The Morgan fingerprint density at radius 3 is 2.32 bits per heavy atom. The molecule has 6 nitrogen and oxygen atoms in total. The number of benzene rings is 2. The van der Waals surface area contributed by atoms with E-state index in [0.717, 1.165) is 61.8 Å². The molecule has 0 bridgehead atoms. The van der Waals surface area contributed by atoms with E-state index in [1.165, 1.54) is 18.4 Å². The van der Waals surface area contributed by atoms with E-state index in [1.807, 2.05) is 38.1 Å². The Kier molecular flexibility index (Phi) is 8.00. The number of ether oxygens (including phenoxy) is 2. The van der Waals surface area contributed by atoms with E-state index < -0.39 is 5.91 Å². The lowest BCUT2D eigenvalue weighted by Crippen LogP contribution is -2.11. The molecule has 1 aliphatic carbocycles. The fourth-order valence-electron chi connectivity index (χ4n) is 4.71. The van der Waals surface area contributed by atoms with E-state index in [2.05, 4.69) is 28.2 Å². The van der Waals surface area contributed by atoms with Crippen LogP contribution in [0.1, 0.15) is 53.0 Å². The second-order valence-corrected chi connectivity index (χ2v) is 11.5. The van der Waals surface area contributed by atoms with Gasteiger partial charge < -0.3 is 15.2 Å². The van der Waals surface area contributed by atoms with Crippen LogP contribution in [-0.4, -0.2) is 29.1 Å². The first-order valence-electron chi connectivity index (χ1n) is 12.7. The van der Waals surface area contributed by atoms with Gasteiger partial charge in [0.1, 0.15) is 0 Å². The Morgan fingerprint density at radius 1 is 0.974 bits per heavy atom. The Balaban J connectivity index is 1.48. The number of amides is 1. The van der Waals surface area contributed by atoms with Crippen LogP contribution in [0.3, 0.4) is 0 Å². The Hall–Kier alpha value is -3.36. The van der Waals surface area contributed by atoms with Gasteiger partial charge in [-0.1, -0.05) is 23.9 Å². The molecule has 0 atom stereocenters. The summed E-state index contributed by atoms with van der Waals surface area (Å²) in [5.74, 6) is 1.82. The molecule has 2 heterocycles. The summed E-state index contributed by atoms with van der Waals surface area (Å²) in [6.07, 6.45) is 4.90. The number of aryl methyl sites for hydroxylation is 2. The lowest BCUT2D eigenvalue weighted by Gasteiger charge is -2.16. The molecule has 1 fully saturated rings. The third-order valence-electron chi connectivity index (χ3n) is 6.60. The van der Waals surface area contributed by atoms with Gasteiger partial charge in [0.05, 0.1) is 13.2 Å². The lowest BCUT2D eigenvalue weighted by atomic mass is 10.1. The second-order valence-electron chi connectivity index (χ2n) is 9.52. The van der Waals surface area contributed by atoms with Crippen molar-refractivity contribution in [3.8, 4) is 32.4 Å². The zero-order valence-electron chi connectivity index (χ0n) is 21.8. The number of nitrogens with two attached hydrogens (primary N) is 1. The monoisotopic (exact) mass is 545 g/mol. The standard InChI is InChI=1S/C30H31N3O3S2/c1-18-14-19(2)33-30(32-18)37-17-23-16-27(38-28(23)20-8-10-21(11-9-20)29(31)34)22-12-13-25(26(15-22)35-3)36-24-6-4-5-7-24/h8-16,24H,4-7,17H2,1-3H3,(H2,31,34). The third-order valence-corrected chi connectivity index (χ3v) is 8.77. The summed E-state index contributed by atoms with van der Waals surface area (Å²) in [6.45, 7) is 3.97. The van der Waals surface area contributed by atoms with Crippen LogP contribution in [0.5, 0.6) is 11.5 Å². The Labute approximate surface area is 231 Å². The van der Waals surface area contributed by atoms with Crippen molar-refractivity contribution in [2.45, 2.75) is 56.5 Å². The molecule has 0 aliphatic heterocycles. The van der Waals surface area contributed by atoms with Gasteiger partial charge in [0, 0.05) is 32.5 Å². The van der Waals surface area contributed by atoms with Gasteiger partial charge in [-0.15, -0.1) is 11.3 Å². The topological polar surface area (TPSA) is 87.3 Å². The van der Waals surface area contributed by atoms with Crippen LogP contribution in [-0.2, 0) is 5.75 Å². The molecule has 38 heavy (non-hydrogen) atoms. The number of thioether (sulfide) groups is 1. The normalized spacial score (nSPS) is 13.6. The van der Waals surface area contributed by atoms with Crippen molar-refractivity contribution in [3.05, 3.63) is 77.1 Å². The zero-order chi connectivity index (χ0) is 26.6. The summed E-state index contributed by atoms with van der Waals surface area (Å²) in [7, 11) is 1.69. The van der Waals surface area contributed by atoms with Crippen molar-refractivity contribution in [2.75, 3.05) is 7.11 Å². The maximum absolute atomic E-state index is 11.6. The van der Waals surface area contributed by atoms with Crippen molar-refractivity contribution in [1.29, 1.82) is 0 Å². The number of carbonyl (C=O) groups is 1. The number of methoxy groups -OCH3 is 1. The van der Waals surface area contributed by atoms with E-state index in [-0.39, 0.29) is 6.10 Å². The quantitative estimate of drug-likeness (QED) is 0.177. The first kappa shape index (κ1) is 26.3. The maximum Gasteiger partial charge on any atom is 0.248 e. The molecule has 8 heteroatoms. The molecule has 1 aliphatic rings. The Morgan fingerprint density at radius 2 is 1.66 bits per heavy atom. The number of aromatic nitrogens is 2. The van der Waals surface area contributed by atoms with Crippen molar-refractivity contribution in [3.63, 3.8) is 0 Å². The number of hydrogen-bond donors (Lipinski definition) is 1. The van der Waals surface area contributed by atoms with Gasteiger partial charge in [0.2, 0.25) is 5.91 Å². The summed E-state index contributed by atoms with van der Waals surface area (Å²) in [5.41, 5.74) is 11.2. The van der Waals surface area contributed by atoms with Gasteiger partial charge in [-0.25, -0.2) is 9.97 Å². The fourth-order valence-corrected chi connectivity index (χ4v) is 6.92. The highest BCUT2D eigenvalue weighted by Crippen LogP contribution is 2.43. The number of carbonyl (C=O) groups excluding carboxylic acids is 1. The van der Waals surface area contributed by atoms with E-state index in [4.69, 9.17) is 15.2 Å². The molecule has 1 amide bonds. The minimum atomic E-state index is -0.432. The SMILES string of the molecule is COc1cc(-c2cc(CSc3nc(C)cc(C)n3)c(-c3ccc(C(N)=O)cc3)s2)ccc1OC1CCCC1. The Bertz CT molecular complexity index is 1420. The molecule has 0 spiro atoms. The van der Waals surface area contributed by atoms with Gasteiger partial charge in [0.25, 0.3) is 0 Å². The predicted octanol–water partition coefficient (Wildman–Crippen LogP) is 7.21. The highest BCUT2D eigenvalue weighted by atomic mass is 32.2. The molecule has 2 N–H and O–H groups in total. The zero-order valence-corrected chi connectivity index (χ0v) is 23.5. The minimum Gasteiger partial charge on any atom is -0.493 e. The number of nitrogens with zero attached hydrogens (tertiary/aromatic N) is 2. The molecule has 2 aromatic carbocycles. The van der Waals surface area contributed by atoms with Gasteiger partial charge in [-0.3, -0.25) is 4.79 Å². The number of hydrogen-bond acceptors (Lipinski definition) is 7. The molecule has 4 aromatic rings. The first-order chi connectivity index (χ1) is 18.4. The average molecular weight is 546 g/mol. The smallest absolute Gasteiger partial charge is 0.248 e. The summed E-state index contributed by atoms with van der Waals surface area (Å²) >= 11 is 3.33. The van der Waals surface area contributed by atoms with Crippen LogP contribution in [0, 0.1) is 13.8 Å². The number of rotatable bonds is 9. The number of primary amides is 1. The summed E-state index contributed by atoms with van der Waals surface area (Å²) in [5, 5.41) is 0.764. The van der Waals surface area contributed by atoms with Crippen LogP contribution in [0.25, 0.3) is 20.9 Å². The van der Waals surface area contributed by atoms with E-state index >= 15 is 0 Å². The lowest BCUT2D eigenvalue weighted by molar-refractivity contribution is 0.100. The highest BCUT2D eigenvalue weighted by Gasteiger charge is 2.20. The molecule has 0 unspecified atom stereocenters. The van der Waals surface area contributed by atoms with Crippen LogP contribution >= 0.6 is 23.1 Å². The van der Waals surface area contributed by atoms with Gasteiger partial charge in [-0.05, 0) is 98.7 Å². The summed E-state index contributed by atoms with van der Waals surface area (Å²) in [6, 6.07) is 17.8. The molecule has 5 rings (SSSR count). The molecular weight excluding hydrogens is 514 g/mol. The van der Waals surface area contributed by atoms with Crippen LogP contribution in [0.15, 0.2) is 59.8 Å². The van der Waals surface area contributed by atoms with E-state index in [0.29, 0.717) is 11.3 Å². The van der Waals surface area contributed by atoms with Gasteiger partial charge in [0.15, 0.2) is 16.7 Å². The van der Waals surface area contributed by atoms with Crippen LogP contribution in [0.4, 0.5) is 0 Å². The van der Waals surface area contributed by atoms with E-state index in [9.17, 15) is 4.79 Å². The minimum absolute atomic E-state index is 0.266. The molecular formula is C30H31N3O3S2. The molecule has 0 radical (unpaired) electrons. The molecule has 0 saturated heterocycles. The highest BCUT2D eigenvalue weighted by molar-refractivity contribution is 7.98. The van der Waals surface area contributed by atoms with Crippen molar-refractivity contribution in [1.82, 2.24) is 9.97 Å². The maximum atomic E-state index is 11.6. The second kappa shape index (κ2) is 11.6. The first-order valence-corrected chi connectivity index (χ1v) is 14.5. The van der Waals surface area contributed by atoms with Crippen molar-refractivity contribution >= 4 is 29.0 Å². The molecule has 1 saturated carbocycles. The van der Waals surface area contributed by atoms with Gasteiger partial charge >= 0.3 is 0 Å². The summed E-state index contributed by atoms with van der Waals surface area (Å²) < 4.78 is 12.0. The fraction of sp³-hybridized carbons (Fsp3) is 0.300. The third kappa shape index (κ3) is 6.03. The van der Waals surface area contributed by atoms with Crippen LogP contribution < -0.4 is 15.2 Å². The largest absolute Gasteiger partial charge is 0.493 e.